The van der Waals surface area contributed by atoms with Crippen molar-refractivity contribution < 1.29 is 9.90 Å². The van der Waals surface area contributed by atoms with Crippen molar-refractivity contribution in [3.8, 4) is 32.7 Å². The minimum Gasteiger partial charge on any atom is -0.476 e. The van der Waals surface area contributed by atoms with Crippen molar-refractivity contribution in [3.63, 3.8) is 0 Å². The van der Waals surface area contributed by atoms with E-state index in [1.54, 1.807) is 16.3 Å². The number of hydrogen-bond donors (Lipinski definition) is 1. The maximum atomic E-state index is 12.4. The second kappa shape index (κ2) is 20.4. The molecule has 1 unspecified atom stereocenters. The number of nitrogens with zero attached hydrogens (tertiary/aromatic N) is 4. The summed E-state index contributed by atoms with van der Waals surface area (Å²) in [5, 5.41) is 15.3. The van der Waals surface area contributed by atoms with E-state index in [4.69, 9.17) is 4.98 Å². The van der Waals surface area contributed by atoms with E-state index in [9.17, 15) is 9.90 Å². The first-order valence-corrected chi connectivity index (χ1v) is 29.4. The molecule has 378 valence electrons. The number of fused-ring (bicyclic) bond motifs is 9. The molecule has 75 heavy (non-hydrogen) atoms. The molecular formula is C67H66N4O2S2. The molecule has 6 nitrogen and oxygen atoms in total. The summed E-state index contributed by atoms with van der Waals surface area (Å²) in [5.41, 5.74) is 18.5. The third-order valence-corrected chi connectivity index (χ3v) is 19.3. The van der Waals surface area contributed by atoms with Crippen LogP contribution in [0.25, 0.3) is 60.4 Å². The molecule has 1 N–H and O–H groups in total. The molecule has 0 amide bonds. The van der Waals surface area contributed by atoms with Crippen LogP contribution in [0.15, 0.2) is 152 Å². The van der Waals surface area contributed by atoms with Crippen LogP contribution in [0.3, 0.4) is 0 Å². The molecule has 1 atom stereocenters. The number of aromatic carboxylic acids is 1. The van der Waals surface area contributed by atoms with Crippen LogP contribution >= 0.6 is 23.1 Å². The lowest BCUT2D eigenvalue weighted by molar-refractivity contribution is 0.0689. The van der Waals surface area contributed by atoms with Crippen LogP contribution in [0, 0.1) is 0 Å². The Balaban J connectivity index is 0.917. The Labute approximate surface area is 450 Å². The molecule has 0 saturated heterocycles. The van der Waals surface area contributed by atoms with Crippen LogP contribution in [0.2, 0.25) is 0 Å². The van der Waals surface area contributed by atoms with E-state index < -0.39 is 5.97 Å². The minimum absolute atomic E-state index is 0.0238. The lowest BCUT2D eigenvalue weighted by atomic mass is 9.70. The average molecular weight is 1020 g/mol. The second-order valence-electron chi connectivity index (χ2n) is 21.2. The van der Waals surface area contributed by atoms with Crippen molar-refractivity contribution in [1.82, 2.24) is 14.6 Å². The predicted molar refractivity (Wildman–Crippen MR) is 316 cm³/mol. The van der Waals surface area contributed by atoms with Gasteiger partial charge in [0.2, 0.25) is 0 Å². The highest BCUT2D eigenvalue weighted by Gasteiger charge is 2.44. The van der Waals surface area contributed by atoms with Gasteiger partial charge in [-0.2, -0.15) is 5.10 Å². The van der Waals surface area contributed by atoms with E-state index in [-0.39, 0.29) is 21.8 Å². The van der Waals surface area contributed by atoms with Crippen LogP contribution in [-0.2, 0) is 10.8 Å². The molecule has 2 aliphatic carbocycles. The molecule has 12 rings (SSSR count). The predicted octanol–water partition coefficient (Wildman–Crippen LogP) is 18.1. The first-order chi connectivity index (χ1) is 36.8. The Morgan fingerprint density at radius 2 is 1.15 bits per heavy atom. The zero-order valence-electron chi connectivity index (χ0n) is 43.7. The summed E-state index contributed by atoms with van der Waals surface area (Å²) in [6.07, 6.45) is 19.3. The molecule has 3 aliphatic rings. The summed E-state index contributed by atoms with van der Waals surface area (Å²) in [7, 11) is 0. The van der Waals surface area contributed by atoms with Crippen LogP contribution in [0.5, 0.6) is 0 Å². The van der Waals surface area contributed by atoms with Gasteiger partial charge in [-0.25, -0.2) is 14.3 Å². The number of hydrogen-bond acceptors (Lipinski definition) is 6. The second-order valence-corrected chi connectivity index (χ2v) is 23.6. The molecule has 0 spiro atoms. The molecule has 0 fully saturated rings. The molecule has 3 aromatic heterocycles. The van der Waals surface area contributed by atoms with Crippen molar-refractivity contribution in [2.75, 3.05) is 4.90 Å². The maximum Gasteiger partial charge on any atom is 0.357 e. The third-order valence-electron chi connectivity index (χ3n) is 16.7. The first-order valence-electron chi connectivity index (χ1n) is 27.7. The lowest BCUT2D eigenvalue weighted by Gasteiger charge is -2.35. The normalized spacial score (nSPS) is 16.1. The van der Waals surface area contributed by atoms with Gasteiger partial charge in [-0.1, -0.05) is 176 Å². The van der Waals surface area contributed by atoms with E-state index in [2.05, 4.69) is 171 Å². The molecule has 9 aromatic rings. The molecule has 4 heterocycles. The highest BCUT2D eigenvalue weighted by atomic mass is 32.2. The van der Waals surface area contributed by atoms with Gasteiger partial charge in [0.25, 0.3) is 0 Å². The molecule has 6 aromatic carbocycles. The summed E-state index contributed by atoms with van der Waals surface area (Å²) in [4.78, 5) is 23.4. The number of para-hydroxylation sites is 2. The van der Waals surface area contributed by atoms with Gasteiger partial charge in [-0.15, -0.1) is 23.1 Å². The van der Waals surface area contributed by atoms with Crippen molar-refractivity contribution >= 4 is 73.8 Å². The van der Waals surface area contributed by atoms with Gasteiger partial charge in [-0.05, 0) is 143 Å². The van der Waals surface area contributed by atoms with E-state index in [1.165, 1.54) is 127 Å². The maximum absolute atomic E-state index is 12.4. The quantitative estimate of drug-likeness (QED) is 0.0870. The number of imidazole rings is 1. The summed E-state index contributed by atoms with van der Waals surface area (Å²) >= 11 is 3.60. The number of allylic oxidation sites excluding steroid dienone is 1. The highest BCUT2D eigenvalue weighted by Crippen LogP contribution is 2.58. The van der Waals surface area contributed by atoms with Crippen LogP contribution in [0.1, 0.15) is 149 Å². The molecule has 1 aliphatic heterocycles. The van der Waals surface area contributed by atoms with Gasteiger partial charge in [0.15, 0.2) is 11.3 Å². The third kappa shape index (κ3) is 8.44. The number of carboxylic acid groups (broad SMARTS) is 1. The van der Waals surface area contributed by atoms with Crippen molar-refractivity contribution in [2.24, 2.45) is 0 Å². The van der Waals surface area contributed by atoms with Crippen molar-refractivity contribution in [2.45, 2.75) is 127 Å². The van der Waals surface area contributed by atoms with Gasteiger partial charge >= 0.3 is 5.97 Å². The van der Waals surface area contributed by atoms with Gasteiger partial charge in [0.1, 0.15) is 0 Å². The number of carbonyl (C=O) groups is 1. The number of thiophene rings is 1. The number of aromatic nitrogens is 3. The molecule has 8 heteroatoms. The van der Waals surface area contributed by atoms with Crippen molar-refractivity contribution in [3.05, 3.63) is 190 Å². The SMILES string of the molecule is CCCCC1(CCCC)c2ccccc2-c2ccc(N(c3ccc(-c4ccc(C5=CCC(/C=c6/c(C(=O)O)nn7c6nc6ccccc67)S5)s4)cc3)c3ccc4c(c3)C(CCCC)(CCCC)c3ccccc3-4)cc21. The van der Waals surface area contributed by atoms with Crippen LogP contribution in [0.4, 0.5) is 17.1 Å². The molecule has 0 bridgehead atoms. The Hall–Kier alpha value is -6.74. The van der Waals surface area contributed by atoms with Crippen molar-refractivity contribution in [1.29, 1.82) is 0 Å². The standard InChI is InChI=1S/C67H66N4O2S2/c1-5-9-37-66(38-10-6-2)54-21-15-13-19-49(54)51-32-29-46(41-56(51)66)70(47-30-33-52-50-20-14-16-22-55(50)67(39-11-7-3,40-12-8-4)57(52)42-47)45-27-25-44(26-28-45)60-35-36-62(75-60)61-34-31-48(74-61)43-53-63(65(72)73)69-71-59-24-18-17-23-58(59)68-64(53)71/h13-30,32-36,41-43,48H,5-12,31,37-40H2,1-4H3,(H,72,73)/b53-43-. The number of unbranched alkanes of at least 4 members (excludes halogenated alkanes) is 4. The average Bonchev–Trinajstić information content (AvgIpc) is 4.34. The smallest absolute Gasteiger partial charge is 0.357 e. The number of anilines is 3. The molecular weight excluding hydrogens is 957 g/mol. The summed E-state index contributed by atoms with van der Waals surface area (Å²) < 4.78 is 1.67. The van der Waals surface area contributed by atoms with Gasteiger partial charge in [-0.3, -0.25) is 0 Å². The summed E-state index contributed by atoms with van der Waals surface area (Å²) in [6, 6.07) is 54.9. The molecule has 0 saturated carbocycles. The number of benzene rings is 6. The largest absolute Gasteiger partial charge is 0.476 e. The Morgan fingerprint density at radius 3 is 1.72 bits per heavy atom. The number of thioether (sulfide) groups is 1. The topological polar surface area (TPSA) is 70.7 Å². The fraction of sp³-hybridized carbons (Fsp3) is 0.299. The highest BCUT2D eigenvalue weighted by molar-refractivity contribution is 8.09. The number of rotatable bonds is 19. The Bertz CT molecular complexity index is 3560. The monoisotopic (exact) mass is 1020 g/mol. The van der Waals surface area contributed by atoms with Gasteiger partial charge in [0.05, 0.1) is 16.3 Å². The Kier molecular flexibility index (Phi) is 13.4. The zero-order valence-corrected chi connectivity index (χ0v) is 45.4. The van der Waals surface area contributed by atoms with E-state index in [0.29, 0.717) is 10.9 Å². The lowest BCUT2D eigenvalue weighted by Crippen LogP contribution is -2.26. The van der Waals surface area contributed by atoms with Gasteiger partial charge < -0.3 is 10.0 Å². The van der Waals surface area contributed by atoms with E-state index >= 15 is 0 Å². The fourth-order valence-electron chi connectivity index (χ4n) is 13.0. The Morgan fingerprint density at radius 1 is 0.627 bits per heavy atom. The number of carboxylic acids is 1. The van der Waals surface area contributed by atoms with E-state index in [0.717, 1.165) is 48.8 Å². The summed E-state index contributed by atoms with van der Waals surface area (Å²) in [6.45, 7) is 9.35. The zero-order chi connectivity index (χ0) is 51.3. The first kappa shape index (κ1) is 49.2. The van der Waals surface area contributed by atoms with Gasteiger partial charge in [0, 0.05) is 47.8 Å². The van der Waals surface area contributed by atoms with Crippen LogP contribution < -0.4 is 10.1 Å². The fourth-order valence-corrected chi connectivity index (χ4v) is 15.4. The molecule has 0 radical (unpaired) electrons. The summed E-state index contributed by atoms with van der Waals surface area (Å²) in [5.74, 6) is -1.04. The van der Waals surface area contributed by atoms with Crippen LogP contribution in [-0.4, -0.2) is 30.9 Å². The van der Waals surface area contributed by atoms with E-state index in [1.807, 2.05) is 35.6 Å². The minimum atomic E-state index is -1.04.